The Morgan fingerprint density at radius 1 is 0.944 bits per heavy atom. The SMILES string of the molecule is CC(C)C(CNCc1ccc(CN)cc1)C(C)C. The van der Waals surface area contributed by atoms with E-state index >= 15 is 0 Å². The lowest BCUT2D eigenvalue weighted by atomic mass is 9.85. The maximum absolute atomic E-state index is 5.59. The fourth-order valence-corrected chi connectivity index (χ4v) is 2.42. The average molecular weight is 248 g/mol. The van der Waals surface area contributed by atoms with Crippen molar-refractivity contribution in [3.05, 3.63) is 35.4 Å². The standard InChI is InChI=1S/C16H28N2/c1-12(2)16(13(3)4)11-18-10-15-7-5-14(9-17)6-8-15/h5-8,12-13,16,18H,9-11,17H2,1-4H3. The van der Waals surface area contributed by atoms with E-state index in [4.69, 9.17) is 5.73 Å². The predicted octanol–water partition coefficient (Wildman–Crippen LogP) is 3.16. The molecule has 0 aliphatic carbocycles. The summed E-state index contributed by atoms with van der Waals surface area (Å²) < 4.78 is 0. The summed E-state index contributed by atoms with van der Waals surface area (Å²) in [6.45, 7) is 11.9. The average Bonchev–Trinajstić information content (AvgIpc) is 2.34. The molecule has 0 saturated heterocycles. The minimum Gasteiger partial charge on any atom is -0.326 e. The summed E-state index contributed by atoms with van der Waals surface area (Å²) >= 11 is 0. The Balaban J connectivity index is 2.40. The van der Waals surface area contributed by atoms with E-state index in [9.17, 15) is 0 Å². The van der Waals surface area contributed by atoms with Gasteiger partial charge in [-0.25, -0.2) is 0 Å². The topological polar surface area (TPSA) is 38.0 Å². The lowest BCUT2D eigenvalue weighted by molar-refractivity contribution is 0.275. The lowest BCUT2D eigenvalue weighted by Crippen LogP contribution is -2.29. The number of hydrogen-bond donors (Lipinski definition) is 2. The Kier molecular flexibility index (Phi) is 6.37. The minimum absolute atomic E-state index is 0.622. The summed E-state index contributed by atoms with van der Waals surface area (Å²) in [5.74, 6) is 2.21. The first kappa shape index (κ1) is 15.2. The van der Waals surface area contributed by atoms with E-state index in [1.54, 1.807) is 0 Å². The molecule has 1 aromatic carbocycles. The smallest absolute Gasteiger partial charge is 0.0205 e. The maximum atomic E-state index is 5.59. The third kappa shape index (κ3) is 4.79. The van der Waals surface area contributed by atoms with Crippen LogP contribution in [0.2, 0.25) is 0 Å². The van der Waals surface area contributed by atoms with Gasteiger partial charge >= 0.3 is 0 Å². The molecule has 0 aromatic heterocycles. The largest absolute Gasteiger partial charge is 0.326 e. The van der Waals surface area contributed by atoms with Gasteiger partial charge in [0.05, 0.1) is 0 Å². The fourth-order valence-electron chi connectivity index (χ4n) is 2.42. The third-order valence-electron chi connectivity index (χ3n) is 3.68. The summed E-state index contributed by atoms with van der Waals surface area (Å²) in [5.41, 5.74) is 8.12. The molecule has 0 radical (unpaired) electrons. The van der Waals surface area contributed by atoms with Crippen LogP contribution >= 0.6 is 0 Å². The Labute approximate surface area is 112 Å². The Morgan fingerprint density at radius 3 is 1.89 bits per heavy atom. The molecule has 2 nitrogen and oxygen atoms in total. The number of rotatable bonds is 7. The number of hydrogen-bond acceptors (Lipinski definition) is 2. The summed E-state index contributed by atoms with van der Waals surface area (Å²) in [7, 11) is 0. The Morgan fingerprint density at radius 2 is 1.44 bits per heavy atom. The van der Waals surface area contributed by atoms with Crippen LogP contribution in [-0.2, 0) is 13.1 Å². The molecule has 3 N–H and O–H groups in total. The lowest BCUT2D eigenvalue weighted by Gasteiger charge is -2.25. The van der Waals surface area contributed by atoms with Crippen molar-refractivity contribution in [3.8, 4) is 0 Å². The molecule has 102 valence electrons. The van der Waals surface area contributed by atoms with Gasteiger partial charge in [0.2, 0.25) is 0 Å². The quantitative estimate of drug-likeness (QED) is 0.778. The summed E-state index contributed by atoms with van der Waals surface area (Å²) in [5, 5.41) is 3.57. The van der Waals surface area contributed by atoms with Gasteiger partial charge in [0.1, 0.15) is 0 Å². The van der Waals surface area contributed by atoms with Crippen LogP contribution in [0.5, 0.6) is 0 Å². The van der Waals surface area contributed by atoms with E-state index in [0.29, 0.717) is 6.54 Å². The van der Waals surface area contributed by atoms with E-state index in [1.165, 1.54) is 11.1 Å². The van der Waals surface area contributed by atoms with Crippen LogP contribution in [0.1, 0.15) is 38.8 Å². The highest BCUT2D eigenvalue weighted by atomic mass is 14.9. The first-order valence-electron chi connectivity index (χ1n) is 7.03. The number of benzene rings is 1. The normalized spacial score (nSPS) is 11.8. The van der Waals surface area contributed by atoms with E-state index in [1.807, 2.05) is 0 Å². The molecule has 18 heavy (non-hydrogen) atoms. The van der Waals surface area contributed by atoms with Crippen molar-refractivity contribution in [2.45, 2.75) is 40.8 Å². The van der Waals surface area contributed by atoms with Crippen LogP contribution in [0.15, 0.2) is 24.3 Å². The molecule has 0 aliphatic rings. The van der Waals surface area contributed by atoms with Gasteiger partial charge in [0, 0.05) is 13.1 Å². The van der Waals surface area contributed by atoms with Gasteiger partial charge in [0.25, 0.3) is 0 Å². The van der Waals surface area contributed by atoms with E-state index in [2.05, 4.69) is 57.3 Å². The van der Waals surface area contributed by atoms with Gasteiger partial charge in [-0.05, 0) is 35.4 Å². The predicted molar refractivity (Wildman–Crippen MR) is 79.2 cm³/mol. The van der Waals surface area contributed by atoms with Crippen molar-refractivity contribution in [2.75, 3.05) is 6.54 Å². The second-order valence-electron chi connectivity index (χ2n) is 5.80. The van der Waals surface area contributed by atoms with Crippen molar-refractivity contribution in [1.29, 1.82) is 0 Å². The zero-order valence-corrected chi connectivity index (χ0v) is 12.2. The van der Waals surface area contributed by atoms with Gasteiger partial charge in [-0.15, -0.1) is 0 Å². The Bertz CT molecular complexity index is 319. The maximum Gasteiger partial charge on any atom is 0.0205 e. The van der Waals surface area contributed by atoms with Gasteiger partial charge in [-0.3, -0.25) is 0 Å². The van der Waals surface area contributed by atoms with E-state index < -0.39 is 0 Å². The van der Waals surface area contributed by atoms with Crippen LogP contribution < -0.4 is 11.1 Å². The summed E-state index contributed by atoms with van der Waals surface area (Å²) in [6, 6.07) is 8.54. The second-order valence-corrected chi connectivity index (χ2v) is 5.80. The molecular formula is C16H28N2. The molecule has 0 unspecified atom stereocenters. The van der Waals surface area contributed by atoms with Crippen LogP contribution in [0.3, 0.4) is 0 Å². The second kappa shape index (κ2) is 7.55. The van der Waals surface area contributed by atoms with Crippen LogP contribution in [0.25, 0.3) is 0 Å². The summed E-state index contributed by atoms with van der Waals surface area (Å²) in [6.07, 6.45) is 0. The van der Waals surface area contributed by atoms with E-state index in [-0.39, 0.29) is 0 Å². The van der Waals surface area contributed by atoms with Gasteiger partial charge in [-0.2, -0.15) is 0 Å². The minimum atomic E-state index is 0.622. The molecule has 0 fully saturated rings. The fraction of sp³-hybridized carbons (Fsp3) is 0.625. The van der Waals surface area contributed by atoms with Gasteiger partial charge in [-0.1, -0.05) is 52.0 Å². The molecule has 1 aromatic rings. The first-order chi connectivity index (χ1) is 8.54. The zero-order valence-electron chi connectivity index (χ0n) is 12.2. The van der Waals surface area contributed by atoms with Crippen molar-refractivity contribution in [3.63, 3.8) is 0 Å². The van der Waals surface area contributed by atoms with Crippen molar-refractivity contribution in [2.24, 2.45) is 23.5 Å². The van der Waals surface area contributed by atoms with E-state index in [0.717, 1.165) is 30.8 Å². The molecule has 0 aliphatic heterocycles. The molecule has 0 amide bonds. The van der Waals surface area contributed by atoms with Crippen LogP contribution in [-0.4, -0.2) is 6.54 Å². The number of nitrogens with one attached hydrogen (secondary N) is 1. The number of nitrogens with two attached hydrogens (primary N) is 1. The summed E-state index contributed by atoms with van der Waals surface area (Å²) in [4.78, 5) is 0. The molecule has 0 bridgehead atoms. The monoisotopic (exact) mass is 248 g/mol. The molecule has 0 atom stereocenters. The highest BCUT2D eigenvalue weighted by Crippen LogP contribution is 2.19. The van der Waals surface area contributed by atoms with Gasteiger partial charge < -0.3 is 11.1 Å². The van der Waals surface area contributed by atoms with Gasteiger partial charge in [0.15, 0.2) is 0 Å². The first-order valence-corrected chi connectivity index (χ1v) is 7.03. The van der Waals surface area contributed by atoms with Crippen molar-refractivity contribution < 1.29 is 0 Å². The molecule has 2 heteroatoms. The molecule has 0 spiro atoms. The van der Waals surface area contributed by atoms with Crippen molar-refractivity contribution in [1.82, 2.24) is 5.32 Å². The Hall–Kier alpha value is -0.860. The van der Waals surface area contributed by atoms with Crippen molar-refractivity contribution >= 4 is 0 Å². The third-order valence-corrected chi connectivity index (χ3v) is 3.68. The zero-order chi connectivity index (χ0) is 13.5. The molecule has 0 heterocycles. The molecule has 1 rings (SSSR count). The highest BCUT2D eigenvalue weighted by molar-refractivity contribution is 5.22. The molecule has 0 saturated carbocycles. The highest BCUT2D eigenvalue weighted by Gasteiger charge is 2.16. The van der Waals surface area contributed by atoms with Crippen LogP contribution in [0.4, 0.5) is 0 Å². The van der Waals surface area contributed by atoms with Crippen LogP contribution in [0, 0.1) is 17.8 Å². The molecular weight excluding hydrogens is 220 g/mol.